The Labute approximate surface area is 580 Å². The summed E-state index contributed by atoms with van der Waals surface area (Å²) < 4.78 is 16.9. The number of aromatic nitrogens is 16. The summed E-state index contributed by atoms with van der Waals surface area (Å²) in [4.78, 5) is 37.8. The number of hydrogen-bond acceptors (Lipinski definition) is 8. The molecule has 96 heavy (non-hydrogen) atoms. The van der Waals surface area contributed by atoms with Gasteiger partial charge in [0, 0.05) is 132 Å². The summed E-state index contributed by atoms with van der Waals surface area (Å²) in [5.41, 5.74) is 19.2. The van der Waals surface area contributed by atoms with Crippen LogP contribution in [0.1, 0.15) is 0 Å². The summed E-state index contributed by atoms with van der Waals surface area (Å²) in [6, 6.07) is 73.5. The first-order chi connectivity index (χ1) is 46.1. The molecule has 10 heterocycles. The quantitative estimate of drug-likeness (QED) is 0.123. The number of nitrogens with zero attached hydrogens (tertiary/aromatic N) is 16. The summed E-state index contributed by atoms with van der Waals surface area (Å²) in [5, 5.41) is 4.46. The van der Waals surface area contributed by atoms with Crippen LogP contribution in [-0.2, 0) is 84.4 Å². The van der Waals surface area contributed by atoms with E-state index in [4.69, 9.17) is 9.97 Å². The van der Waals surface area contributed by atoms with Crippen LogP contribution in [0.25, 0.3) is 168 Å². The van der Waals surface area contributed by atoms with Gasteiger partial charge in [0.25, 0.3) is 0 Å². The Morgan fingerprint density at radius 1 is 0.292 bits per heavy atom. The van der Waals surface area contributed by atoms with Crippen LogP contribution < -0.4 is 0 Å². The normalized spacial score (nSPS) is 11.5. The molecule has 0 radical (unpaired) electrons. The number of fused-ring (bicyclic) bond motifs is 8. The van der Waals surface area contributed by atoms with E-state index in [2.05, 4.69) is 214 Å². The number of rotatable bonds is 10. The van der Waals surface area contributed by atoms with Crippen LogP contribution in [0.4, 0.5) is 0 Å². The van der Waals surface area contributed by atoms with Crippen molar-refractivity contribution in [1.29, 1.82) is 0 Å². The number of hydrogen-bond donors (Lipinski definition) is 0. The number of benzene rings is 8. The predicted molar refractivity (Wildman–Crippen MR) is 372 cm³/mol. The van der Waals surface area contributed by atoms with E-state index in [1.54, 1.807) is 0 Å². The molecule has 468 valence electrons. The minimum absolute atomic E-state index is 0. The second-order valence-electron chi connectivity index (χ2n) is 23.6. The number of aryl methyl sites for hydroxylation is 6. The average molecular weight is 1610 g/mol. The van der Waals surface area contributed by atoms with E-state index in [-0.39, 0.29) is 42.1 Å². The molecular weight excluding hydrogens is 1550 g/mol. The number of para-hydroxylation sites is 1. The number of pyridine rings is 2. The van der Waals surface area contributed by atoms with Gasteiger partial charge in [-0.15, -0.1) is 101 Å². The molecule has 18 aromatic rings. The molecule has 0 saturated carbocycles. The molecule has 0 aliphatic carbocycles. The molecule has 18 heteroatoms. The predicted octanol–water partition coefficient (Wildman–Crippen LogP) is 15.6. The SMILES string of the molecule is Cn1ccnc1-c1cc(-c2ccccn2)[c-]c(-n2c3[c-]c(-c4nc5ccc(-c6nccn6C)cc5n4C)ccc3c3ccccc32)c1.Cn1ccnc1-c1ccc2c(c1)nc(-c1[c-]c3c(cc1)c1cc(-c4nccn4C)ccc1n3-c1[c-]c(-c3ccccn3)ccc1)n2C.[Pt+2].[Pt+2]. The summed E-state index contributed by atoms with van der Waals surface area (Å²) in [6.07, 6.45) is 18.8. The van der Waals surface area contributed by atoms with Gasteiger partial charge in [-0.2, -0.15) is 0 Å². The molecule has 0 fully saturated rings. The van der Waals surface area contributed by atoms with E-state index in [9.17, 15) is 0 Å². The summed E-state index contributed by atoms with van der Waals surface area (Å²) in [7, 11) is 12.2. The second-order valence-corrected chi connectivity index (χ2v) is 23.6. The van der Waals surface area contributed by atoms with Gasteiger partial charge in [-0.3, -0.25) is 9.97 Å². The van der Waals surface area contributed by atoms with E-state index >= 15 is 0 Å². The van der Waals surface area contributed by atoms with Gasteiger partial charge < -0.3 is 46.5 Å². The molecule has 16 nitrogen and oxygen atoms in total. The van der Waals surface area contributed by atoms with Crippen LogP contribution in [0, 0.1) is 24.3 Å². The minimum atomic E-state index is 0. The molecule has 0 unspecified atom stereocenters. The molecule has 0 aliphatic heterocycles. The maximum atomic E-state index is 5.12. The molecule has 8 aromatic carbocycles. The van der Waals surface area contributed by atoms with Crippen molar-refractivity contribution >= 4 is 65.7 Å². The zero-order valence-electron chi connectivity index (χ0n) is 52.7. The Hall–Kier alpha value is -11.2. The second kappa shape index (κ2) is 24.6. The summed E-state index contributed by atoms with van der Waals surface area (Å²) in [5.74, 6) is 5.30. The Balaban J connectivity index is 0.000000154. The number of imidazole rings is 6. The molecular formula is C78H56N16Pt2. The van der Waals surface area contributed by atoms with E-state index in [0.717, 1.165) is 168 Å². The maximum Gasteiger partial charge on any atom is 2.00 e. The zero-order valence-corrected chi connectivity index (χ0v) is 57.3. The first-order valence-electron chi connectivity index (χ1n) is 30.8. The van der Waals surface area contributed by atoms with Gasteiger partial charge >= 0.3 is 42.1 Å². The summed E-state index contributed by atoms with van der Waals surface area (Å²) >= 11 is 0. The fraction of sp³-hybridized carbons (Fsp3) is 0.0769. The van der Waals surface area contributed by atoms with Crippen molar-refractivity contribution < 1.29 is 42.1 Å². The smallest absolute Gasteiger partial charge is 0.367 e. The fourth-order valence-electron chi connectivity index (χ4n) is 13.2. The Kier molecular flexibility index (Phi) is 15.6. The van der Waals surface area contributed by atoms with Gasteiger partial charge in [0.2, 0.25) is 0 Å². The zero-order chi connectivity index (χ0) is 63.3. The molecule has 0 amide bonds. The summed E-state index contributed by atoms with van der Waals surface area (Å²) in [6.45, 7) is 0. The average Bonchev–Trinajstić information content (AvgIpc) is 1.59. The first-order valence-corrected chi connectivity index (χ1v) is 30.8. The third-order valence-corrected chi connectivity index (χ3v) is 17.8. The van der Waals surface area contributed by atoms with Gasteiger partial charge in [0.15, 0.2) is 0 Å². The fourth-order valence-corrected chi connectivity index (χ4v) is 13.2. The maximum absolute atomic E-state index is 5.12. The van der Waals surface area contributed by atoms with Gasteiger partial charge in [-0.1, -0.05) is 64.9 Å². The molecule has 18 rings (SSSR count). The van der Waals surface area contributed by atoms with Crippen LogP contribution in [-0.4, -0.2) is 76.4 Å². The van der Waals surface area contributed by atoms with Gasteiger partial charge in [-0.25, -0.2) is 19.9 Å². The van der Waals surface area contributed by atoms with Crippen LogP contribution in [0.2, 0.25) is 0 Å². The van der Waals surface area contributed by atoms with Gasteiger partial charge in [-0.05, 0) is 111 Å². The molecule has 0 saturated heterocycles. The Bertz CT molecular complexity index is 5980. The first kappa shape index (κ1) is 61.0. The molecule has 0 aliphatic rings. The minimum Gasteiger partial charge on any atom is -0.367 e. The van der Waals surface area contributed by atoms with Gasteiger partial charge in [0.1, 0.15) is 23.3 Å². The Morgan fingerprint density at radius 3 is 1.40 bits per heavy atom. The van der Waals surface area contributed by atoms with E-state index in [1.807, 2.05) is 151 Å². The van der Waals surface area contributed by atoms with Crippen molar-refractivity contribution in [2.75, 3.05) is 0 Å². The standard InChI is InChI=1S/2C39H28N8.2Pt/c1-44-19-17-41-37(44)26-11-14-34-31(22-26)30-13-10-28(24-36(30)47(34)29-8-6-7-25(21-29)32-9-4-5-16-40-32)39-43-33-23-27(12-15-35(33)46(39)3)38-42-18-20-45(38)2;1-44-18-16-41-37(44)25-12-14-33-36(24-25)46(3)39(43-33)26-11-13-31-30-8-4-5-10-34(30)47(35(31)23-26)29-21-27(32-9-6-7-15-40-32)20-28(22-29)38-42-17-19-45(38)2;;/h4-20,22-23H,1-3H3;4-20,22,24H,1-3H3;;/q2*-2;2*+2. The van der Waals surface area contributed by atoms with Crippen molar-refractivity contribution in [2.45, 2.75) is 0 Å². The van der Waals surface area contributed by atoms with Crippen LogP contribution in [0.15, 0.2) is 232 Å². The van der Waals surface area contributed by atoms with Crippen LogP contribution in [0.5, 0.6) is 0 Å². The van der Waals surface area contributed by atoms with E-state index < -0.39 is 0 Å². The topological polar surface area (TPSA) is 143 Å². The Morgan fingerprint density at radius 2 is 0.792 bits per heavy atom. The molecule has 0 atom stereocenters. The van der Waals surface area contributed by atoms with Gasteiger partial charge in [0.05, 0.1) is 33.7 Å². The molecule has 0 spiro atoms. The third kappa shape index (κ3) is 10.4. The third-order valence-electron chi connectivity index (χ3n) is 17.8. The molecule has 10 aromatic heterocycles. The monoisotopic (exact) mass is 1610 g/mol. The molecule has 0 bridgehead atoms. The van der Waals surface area contributed by atoms with E-state index in [1.165, 1.54) is 0 Å². The largest absolute Gasteiger partial charge is 2.00 e. The molecule has 0 N–H and O–H groups in total. The van der Waals surface area contributed by atoms with Crippen molar-refractivity contribution in [2.24, 2.45) is 42.3 Å². The van der Waals surface area contributed by atoms with Crippen molar-refractivity contribution in [3.05, 3.63) is 256 Å². The van der Waals surface area contributed by atoms with E-state index in [0.29, 0.717) is 0 Å². The van der Waals surface area contributed by atoms with Crippen molar-refractivity contribution in [3.63, 3.8) is 0 Å². The van der Waals surface area contributed by atoms with Crippen molar-refractivity contribution in [3.8, 4) is 102 Å². The van der Waals surface area contributed by atoms with Crippen LogP contribution >= 0.6 is 0 Å². The van der Waals surface area contributed by atoms with Crippen LogP contribution in [0.3, 0.4) is 0 Å². The van der Waals surface area contributed by atoms with Crippen molar-refractivity contribution in [1.82, 2.24) is 76.4 Å².